The number of hydrogen-bond donors (Lipinski definition) is 1. The smallest absolute Gasteiger partial charge is 0.180 e. The van der Waals surface area contributed by atoms with Gasteiger partial charge in [0, 0.05) is 5.56 Å². The molecule has 0 aliphatic rings. The summed E-state index contributed by atoms with van der Waals surface area (Å²) in [5, 5.41) is 2.87. The Morgan fingerprint density at radius 1 is 1.22 bits per heavy atom. The van der Waals surface area contributed by atoms with Gasteiger partial charge in [0.2, 0.25) is 0 Å². The van der Waals surface area contributed by atoms with Crippen LogP contribution in [0.25, 0.3) is 0 Å². The molecule has 4 heteroatoms. The van der Waals surface area contributed by atoms with Gasteiger partial charge in [0.05, 0.1) is 26.3 Å². The van der Waals surface area contributed by atoms with Gasteiger partial charge >= 0.3 is 0 Å². The van der Waals surface area contributed by atoms with Crippen molar-refractivity contribution >= 4 is 5.78 Å². The summed E-state index contributed by atoms with van der Waals surface area (Å²) in [6, 6.07) is 3.61. The minimum atomic E-state index is 0.0111. The van der Waals surface area contributed by atoms with E-state index in [1.54, 1.807) is 27.3 Å². The van der Waals surface area contributed by atoms with Crippen LogP contribution in [0.2, 0.25) is 0 Å². The van der Waals surface area contributed by atoms with Gasteiger partial charge in [-0.3, -0.25) is 4.79 Å². The lowest BCUT2D eigenvalue weighted by Gasteiger charge is -2.19. The largest absolute Gasteiger partial charge is 0.496 e. The highest BCUT2D eigenvalue weighted by molar-refractivity contribution is 6.02. The van der Waals surface area contributed by atoms with E-state index in [0.29, 0.717) is 11.3 Å². The van der Waals surface area contributed by atoms with E-state index in [-0.39, 0.29) is 18.2 Å². The molecule has 0 aromatic heterocycles. The van der Waals surface area contributed by atoms with E-state index in [9.17, 15) is 4.79 Å². The van der Waals surface area contributed by atoms with Crippen LogP contribution in [-0.2, 0) is 0 Å². The van der Waals surface area contributed by atoms with Crippen molar-refractivity contribution in [2.45, 2.75) is 19.8 Å². The van der Waals surface area contributed by atoms with E-state index in [1.165, 1.54) is 0 Å². The maximum atomic E-state index is 12.2. The number of Topliss-reactive ketones (excluding diaryl/α,β-unsaturated/α-hetero) is 1. The van der Waals surface area contributed by atoms with Gasteiger partial charge < -0.3 is 14.8 Å². The SMILES string of the molecule is CNCC(=O)c1c(OC)ccc(OC)c1C(C)C. The molecule has 0 saturated heterocycles. The number of ketones is 1. The van der Waals surface area contributed by atoms with Crippen molar-refractivity contribution in [2.75, 3.05) is 27.8 Å². The summed E-state index contributed by atoms with van der Waals surface area (Å²) in [6.45, 7) is 4.35. The predicted octanol–water partition coefficient (Wildman–Crippen LogP) is 2.23. The Bertz CT molecular complexity index is 427. The van der Waals surface area contributed by atoms with Crippen LogP contribution in [-0.4, -0.2) is 33.6 Å². The molecule has 0 unspecified atom stereocenters. The lowest BCUT2D eigenvalue weighted by molar-refractivity contribution is 0.0989. The average Bonchev–Trinajstić information content (AvgIpc) is 2.36. The molecule has 100 valence electrons. The van der Waals surface area contributed by atoms with Gasteiger partial charge in [-0.1, -0.05) is 13.8 Å². The molecule has 0 aliphatic carbocycles. The fraction of sp³-hybridized carbons (Fsp3) is 0.500. The fourth-order valence-corrected chi connectivity index (χ4v) is 2.04. The molecule has 0 spiro atoms. The summed E-state index contributed by atoms with van der Waals surface area (Å²) in [4.78, 5) is 12.2. The average molecular weight is 251 g/mol. The van der Waals surface area contributed by atoms with E-state index < -0.39 is 0 Å². The van der Waals surface area contributed by atoms with Crippen LogP contribution >= 0.6 is 0 Å². The van der Waals surface area contributed by atoms with Gasteiger partial charge in [0.1, 0.15) is 11.5 Å². The van der Waals surface area contributed by atoms with Gasteiger partial charge in [-0.25, -0.2) is 0 Å². The van der Waals surface area contributed by atoms with Gasteiger partial charge in [0.15, 0.2) is 5.78 Å². The number of ether oxygens (including phenoxy) is 2. The lowest BCUT2D eigenvalue weighted by Crippen LogP contribution is -2.21. The first-order chi connectivity index (χ1) is 8.56. The minimum absolute atomic E-state index is 0.0111. The summed E-state index contributed by atoms with van der Waals surface area (Å²) in [5.74, 6) is 1.52. The molecule has 1 aromatic carbocycles. The summed E-state index contributed by atoms with van der Waals surface area (Å²) in [5.41, 5.74) is 1.51. The number of likely N-dealkylation sites (N-methyl/N-ethyl adjacent to an activating group) is 1. The van der Waals surface area contributed by atoms with Crippen molar-refractivity contribution in [3.05, 3.63) is 23.3 Å². The molecule has 0 fully saturated rings. The van der Waals surface area contributed by atoms with E-state index in [0.717, 1.165) is 11.3 Å². The normalized spacial score (nSPS) is 10.6. The molecule has 0 saturated carbocycles. The van der Waals surface area contributed by atoms with E-state index in [4.69, 9.17) is 9.47 Å². The Balaban J connectivity index is 3.45. The van der Waals surface area contributed by atoms with Crippen LogP contribution in [0.5, 0.6) is 11.5 Å². The summed E-state index contributed by atoms with van der Waals surface area (Å²) in [6.07, 6.45) is 0. The van der Waals surface area contributed by atoms with Crippen molar-refractivity contribution in [3.63, 3.8) is 0 Å². The summed E-state index contributed by atoms with van der Waals surface area (Å²) in [7, 11) is 4.93. The Morgan fingerprint density at radius 3 is 2.22 bits per heavy atom. The van der Waals surface area contributed by atoms with Gasteiger partial charge in [-0.15, -0.1) is 0 Å². The van der Waals surface area contributed by atoms with Crippen molar-refractivity contribution in [3.8, 4) is 11.5 Å². The first-order valence-electron chi connectivity index (χ1n) is 5.99. The zero-order valence-corrected chi connectivity index (χ0v) is 11.7. The molecule has 0 aliphatic heterocycles. The number of methoxy groups -OCH3 is 2. The monoisotopic (exact) mass is 251 g/mol. The maximum Gasteiger partial charge on any atom is 0.180 e. The fourth-order valence-electron chi connectivity index (χ4n) is 2.04. The van der Waals surface area contributed by atoms with Crippen LogP contribution in [0.4, 0.5) is 0 Å². The number of nitrogens with one attached hydrogen (secondary N) is 1. The molecule has 18 heavy (non-hydrogen) atoms. The van der Waals surface area contributed by atoms with Crippen LogP contribution in [0, 0.1) is 0 Å². The highest BCUT2D eigenvalue weighted by Crippen LogP contribution is 2.35. The van der Waals surface area contributed by atoms with E-state index in [2.05, 4.69) is 5.32 Å². The summed E-state index contributed by atoms with van der Waals surface area (Å²) < 4.78 is 10.6. The van der Waals surface area contributed by atoms with E-state index >= 15 is 0 Å². The number of rotatable bonds is 6. The van der Waals surface area contributed by atoms with E-state index in [1.807, 2.05) is 19.9 Å². The molecule has 0 amide bonds. The Hall–Kier alpha value is -1.55. The molecule has 1 N–H and O–H groups in total. The molecular weight excluding hydrogens is 230 g/mol. The third-order valence-corrected chi connectivity index (χ3v) is 2.80. The molecule has 4 nitrogen and oxygen atoms in total. The molecule has 1 aromatic rings. The van der Waals surface area contributed by atoms with Crippen LogP contribution in [0.15, 0.2) is 12.1 Å². The van der Waals surface area contributed by atoms with Crippen LogP contribution < -0.4 is 14.8 Å². The molecule has 1 rings (SSSR count). The Kier molecular flexibility index (Phi) is 5.16. The standard InChI is InChI=1S/C14H21NO3/c1-9(2)13-11(17-4)6-7-12(18-5)14(13)10(16)8-15-3/h6-7,9,15H,8H2,1-5H3. The van der Waals surface area contributed by atoms with Crippen molar-refractivity contribution in [1.29, 1.82) is 0 Å². The Morgan fingerprint density at radius 2 is 1.78 bits per heavy atom. The highest BCUT2D eigenvalue weighted by atomic mass is 16.5. The topological polar surface area (TPSA) is 47.6 Å². The molecular formula is C14H21NO3. The van der Waals surface area contributed by atoms with Crippen molar-refractivity contribution < 1.29 is 14.3 Å². The van der Waals surface area contributed by atoms with Crippen molar-refractivity contribution in [2.24, 2.45) is 0 Å². The second-order valence-corrected chi connectivity index (χ2v) is 4.37. The molecule has 0 radical (unpaired) electrons. The van der Waals surface area contributed by atoms with Crippen LogP contribution in [0.1, 0.15) is 35.7 Å². The first kappa shape index (κ1) is 14.5. The number of hydrogen-bond acceptors (Lipinski definition) is 4. The molecule has 0 bridgehead atoms. The second kappa shape index (κ2) is 6.40. The lowest BCUT2D eigenvalue weighted by atomic mass is 9.92. The number of benzene rings is 1. The zero-order chi connectivity index (χ0) is 13.7. The third kappa shape index (κ3) is 2.82. The van der Waals surface area contributed by atoms with Gasteiger partial charge in [-0.2, -0.15) is 0 Å². The van der Waals surface area contributed by atoms with Crippen LogP contribution in [0.3, 0.4) is 0 Å². The third-order valence-electron chi connectivity index (χ3n) is 2.80. The number of carbonyl (C=O) groups excluding carboxylic acids is 1. The quantitative estimate of drug-likeness (QED) is 0.788. The number of carbonyl (C=O) groups is 1. The summed E-state index contributed by atoms with van der Waals surface area (Å²) >= 11 is 0. The molecule has 0 heterocycles. The maximum absolute atomic E-state index is 12.2. The molecule has 0 atom stereocenters. The second-order valence-electron chi connectivity index (χ2n) is 4.37. The first-order valence-corrected chi connectivity index (χ1v) is 5.99. The van der Waals surface area contributed by atoms with Gasteiger partial charge in [0.25, 0.3) is 0 Å². The van der Waals surface area contributed by atoms with Crippen molar-refractivity contribution in [1.82, 2.24) is 5.32 Å². The van der Waals surface area contributed by atoms with Gasteiger partial charge in [-0.05, 0) is 25.1 Å². The zero-order valence-electron chi connectivity index (χ0n) is 11.7. The highest BCUT2D eigenvalue weighted by Gasteiger charge is 2.22. The predicted molar refractivity (Wildman–Crippen MR) is 71.9 cm³/mol. The Labute approximate surface area is 108 Å². The minimum Gasteiger partial charge on any atom is -0.496 e.